The number of aromatic nitrogens is 1. The van der Waals surface area contributed by atoms with E-state index in [-0.39, 0.29) is 35.0 Å². The van der Waals surface area contributed by atoms with Crippen LogP contribution in [0, 0.1) is 17.1 Å². The third kappa shape index (κ3) is 3.53. The van der Waals surface area contributed by atoms with Crippen molar-refractivity contribution in [3.05, 3.63) is 75.5 Å². The van der Waals surface area contributed by atoms with E-state index in [0.29, 0.717) is 4.47 Å². The Bertz CT molecular complexity index is 987. The van der Waals surface area contributed by atoms with Gasteiger partial charge in [-0.2, -0.15) is 5.26 Å². The summed E-state index contributed by atoms with van der Waals surface area (Å²) in [5, 5.41) is 9.86. The van der Waals surface area contributed by atoms with Crippen molar-refractivity contribution >= 4 is 27.8 Å². The van der Waals surface area contributed by atoms with Crippen molar-refractivity contribution in [1.29, 1.82) is 5.26 Å². The first-order valence-electron chi connectivity index (χ1n) is 8.26. The number of carbonyl (C=O) groups excluding carboxylic acids is 1. The second kappa shape index (κ2) is 7.80. The van der Waals surface area contributed by atoms with Gasteiger partial charge < -0.3 is 9.47 Å². The number of hydrogen-bond donors (Lipinski definition) is 0. The summed E-state index contributed by atoms with van der Waals surface area (Å²) in [6.07, 6.45) is 3.42. The lowest BCUT2D eigenvalue weighted by atomic mass is 9.82. The van der Waals surface area contributed by atoms with E-state index < -0.39 is 17.7 Å². The first-order valence-corrected chi connectivity index (χ1v) is 9.05. The Kier molecular flexibility index (Phi) is 5.47. The largest absolute Gasteiger partial charge is 0.463 e. The van der Waals surface area contributed by atoms with Crippen LogP contribution in [0.5, 0.6) is 0 Å². The third-order valence-electron chi connectivity index (χ3n) is 4.16. The molecule has 138 valence electrons. The molecule has 0 spiro atoms. The number of esters is 1. The van der Waals surface area contributed by atoms with Crippen molar-refractivity contribution < 1.29 is 18.7 Å². The minimum Gasteiger partial charge on any atom is -0.463 e. The number of hydrogen-bond acceptors (Lipinski definition) is 4. The van der Waals surface area contributed by atoms with Gasteiger partial charge in [0.05, 0.1) is 18.1 Å². The van der Waals surface area contributed by atoms with E-state index in [2.05, 4.69) is 22.0 Å². The van der Waals surface area contributed by atoms with Crippen LogP contribution in [-0.2, 0) is 14.3 Å². The molecular weight excluding hydrogens is 415 g/mol. The molecule has 5 nitrogen and oxygen atoms in total. The summed E-state index contributed by atoms with van der Waals surface area (Å²) in [4.78, 5) is 12.6. The van der Waals surface area contributed by atoms with Gasteiger partial charge in [-0.25, -0.2) is 9.18 Å². The lowest BCUT2D eigenvalue weighted by molar-refractivity contribution is -0.139. The molecule has 27 heavy (non-hydrogen) atoms. The molecule has 0 radical (unpaired) electrons. The van der Waals surface area contributed by atoms with Gasteiger partial charge in [-0.15, -0.1) is 0 Å². The fourth-order valence-electron chi connectivity index (χ4n) is 3.02. The molecule has 0 saturated heterocycles. The first kappa shape index (κ1) is 18.9. The number of carbonyl (C=O) groups is 1. The minimum absolute atomic E-state index is 0.112. The molecule has 3 rings (SSSR count). The van der Waals surface area contributed by atoms with Crippen LogP contribution in [0.15, 0.2) is 64.1 Å². The highest BCUT2D eigenvalue weighted by atomic mass is 79.9. The molecule has 1 atom stereocenters. The highest BCUT2D eigenvalue weighted by molar-refractivity contribution is 9.10. The normalized spacial score (nSPS) is 16.8. The number of halogens is 2. The van der Waals surface area contributed by atoms with Gasteiger partial charge >= 0.3 is 5.97 Å². The summed E-state index contributed by atoms with van der Waals surface area (Å²) in [5.41, 5.74) is 0.425. The fraction of sp³-hybridized carbons (Fsp3) is 0.200. The maximum absolute atomic E-state index is 14.7. The Hall–Kier alpha value is -2.85. The summed E-state index contributed by atoms with van der Waals surface area (Å²) in [6.45, 7) is 3.44. The number of rotatable bonds is 4. The second-order valence-corrected chi connectivity index (χ2v) is 6.73. The fourth-order valence-corrected chi connectivity index (χ4v) is 3.40. The summed E-state index contributed by atoms with van der Waals surface area (Å²) in [6, 6.07) is 10.1. The van der Waals surface area contributed by atoms with Crippen LogP contribution in [0.25, 0.3) is 5.88 Å². The molecule has 1 aromatic heterocycles. The molecule has 1 aromatic carbocycles. The van der Waals surface area contributed by atoms with E-state index in [1.807, 2.05) is 0 Å². The van der Waals surface area contributed by atoms with Crippen molar-refractivity contribution in [1.82, 2.24) is 4.57 Å². The minimum atomic E-state index is -0.947. The van der Waals surface area contributed by atoms with E-state index in [0.717, 1.165) is 0 Å². The van der Waals surface area contributed by atoms with Crippen LogP contribution < -0.4 is 0 Å². The molecule has 2 aromatic rings. The summed E-state index contributed by atoms with van der Waals surface area (Å²) in [5.74, 6) is -1.62. The van der Waals surface area contributed by atoms with Crippen molar-refractivity contribution in [3.8, 4) is 6.07 Å². The number of ether oxygens (including phenoxy) is 2. The van der Waals surface area contributed by atoms with Crippen molar-refractivity contribution in [3.63, 3.8) is 0 Å². The zero-order valence-electron chi connectivity index (χ0n) is 14.7. The molecule has 0 aliphatic carbocycles. The highest BCUT2D eigenvalue weighted by Gasteiger charge is 2.38. The maximum atomic E-state index is 14.7. The standard InChI is InChI=1S/C20H16BrFN2O3/c1-3-26-20(25)17-12(2)27-19(24-8-4-5-9-24)15(11-23)18(17)14-10-13(21)6-7-16(14)22/h4-10,18H,3H2,1-2H3. The number of nitriles is 1. The van der Waals surface area contributed by atoms with Crippen molar-refractivity contribution in [2.75, 3.05) is 6.61 Å². The zero-order chi connectivity index (χ0) is 19.6. The van der Waals surface area contributed by atoms with Gasteiger partial charge in [0.25, 0.3) is 0 Å². The van der Waals surface area contributed by atoms with Crippen molar-refractivity contribution in [2.24, 2.45) is 0 Å². The molecule has 7 heteroatoms. The molecule has 0 bridgehead atoms. The molecule has 0 amide bonds. The van der Waals surface area contributed by atoms with Gasteiger partial charge in [0.2, 0.25) is 5.88 Å². The van der Waals surface area contributed by atoms with Gasteiger partial charge in [-0.05, 0) is 44.2 Å². The van der Waals surface area contributed by atoms with E-state index in [9.17, 15) is 14.4 Å². The average molecular weight is 431 g/mol. The zero-order valence-corrected chi connectivity index (χ0v) is 16.3. The average Bonchev–Trinajstić information content (AvgIpc) is 3.17. The molecule has 2 heterocycles. The number of benzene rings is 1. The summed E-state index contributed by atoms with van der Waals surface area (Å²) >= 11 is 3.33. The van der Waals surface area contributed by atoms with Gasteiger partial charge in [0.1, 0.15) is 23.2 Å². The van der Waals surface area contributed by atoms with Gasteiger partial charge in [-0.1, -0.05) is 15.9 Å². The molecule has 0 N–H and O–H groups in total. The van der Waals surface area contributed by atoms with E-state index >= 15 is 0 Å². The van der Waals surface area contributed by atoms with Crippen LogP contribution in [0.3, 0.4) is 0 Å². The molecule has 0 saturated carbocycles. The molecule has 1 unspecified atom stereocenters. The second-order valence-electron chi connectivity index (χ2n) is 5.81. The number of allylic oxidation sites excluding steroid dienone is 2. The van der Waals surface area contributed by atoms with E-state index in [1.165, 1.54) is 6.07 Å². The van der Waals surface area contributed by atoms with E-state index in [4.69, 9.17) is 9.47 Å². The summed E-state index contributed by atoms with van der Waals surface area (Å²) < 4.78 is 27.9. The molecule has 1 aliphatic heterocycles. The molecule has 1 aliphatic rings. The van der Waals surface area contributed by atoms with Crippen LogP contribution in [0.2, 0.25) is 0 Å². The Morgan fingerprint density at radius 3 is 2.74 bits per heavy atom. The van der Waals surface area contributed by atoms with Gasteiger partial charge in [0, 0.05) is 22.4 Å². The van der Waals surface area contributed by atoms with Crippen LogP contribution >= 0.6 is 15.9 Å². The SMILES string of the molecule is CCOC(=O)C1=C(C)OC(n2cccc2)=C(C#N)C1c1cc(Br)ccc1F. The van der Waals surface area contributed by atoms with E-state index in [1.54, 1.807) is 55.1 Å². The van der Waals surface area contributed by atoms with Crippen molar-refractivity contribution in [2.45, 2.75) is 19.8 Å². The summed E-state index contributed by atoms with van der Waals surface area (Å²) in [7, 11) is 0. The van der Waals surface area contributed by atoms with Crippen LogP contribution in [-0.4, -0.2) is 17.1 Å². The predicted molar refractivity (Wildman–Crippen MR) is 101 cm³/mol. The molecular formula is C20H16BrFN2O3. The smallest absolute Gasteiger partial charge is 0.338 e. The topological polar surface area (TPSA) is 64.2 Å². The monoisotopic (exact) mass is 430 g/mol. The number of nitrogens with zero attached hydrogens (tertiary/aromatic N) is 2. The highest BCUT2D eigenvalue weighted by Crippen LogP contribution is 2.43. The molecule has 0 fully saturated rings. The Labute approximate surface area is 164 Å². The quantitative estimate of drug-likeness (QED) is 0.657. The first-order chi connectivity index (χ1) is 13.0. The lowest BCUT2D eigenvalue weighted by Gasteiger charge is -2.29. The van der Waals surface area contributed by atoms with Gasteiger partial charge in [-0.3, -0.25) is 4.57 Å². The predicted octanol–water partition coefficient (Wildman–Crippen LogP) is 4.73. The lowest BCUT2D eigenvalue weighted by Crippen LogP contribution is -2.24. The Morgan fingerprint density at radius 1 is 1.41 bits per heavy atom. The Balaban J connectivity index is 2.28. The maximum Gasteiger partial charge on any atom is 0.338 e. The van der Waals surface area contributed by atoms with Crippen LogP contribution in [0.1, 0.15) is 25.3 Å². The Morgan fingerprint density at radius 2 is 2.11 bits per heavy atom. The third-order valence-corrected chi connectivity index (χ3v) is 4.65. The van der Waals surface area contributed by atoms with Gasteiger partial charge in [0.15, 0.2) is 0 Å². The van der Waals surface area contributed by atoms with Crippen LogP contribution in [0.4, 0.5) is 4.39 Å².